The number of hydrogen-bond donors (Lipinski definition) is 1. The molecule has 1 N–H and O–H groups in total. The second kappa shape index (κ2) is 10.1. The van der Waals surface area contributed by atoms with E-state index in [0.717, 1.165) is 45.6 Å². The van der Waals surface area contributed by atoms with Gasteiger partial charge in [0.05, 0.1) is 16.3 Å². The summed E-state index contributed by atoms with van der Waals surface area (Å²) >= 11 is 8.39. The van der Waals surface area contributed by atoms with Crippen molar-refractivity contribution in [2.75, 3.05) is 21.9 Å². The van der Waals surface area contributed by atoms with E-state index >= 15 is 0 Å². The first-order valence-electron chi connectivity index (χ1n) is 11.6. The van der Waals surface area contributed by atoms with Crippen LogP contribution in [0.5, 0.6) is 0 Å². The number of pyridine rings is 1. The first kappa shape index (κ1) is 22.8. The van der Waals surface area contributed by atoms with Crippen LogP contribution in [-0.4, -0.2) is 23.2 Å². The van der Waals surface area contributed by atoms with Crippen LogP contribution in [0.2, 0.25) is 5.02 Å². The minimum atomic E-state index is -0.222. The van der Waals surface area contributed by atoms with Gasteiger partial charge in [-0.25, -0.2) is 0 Å². The molecule has 172 valence electrons. The van der Waals surface area contributed by atoms with Gasteiger partial charge in [0.2, 0.25) is 0 Å². The average molecular weight is 488 g/mol. The third-order valence-electron chi connectivity index (χ3n) is 6.16. The maximum Gasteiger partial charge on any atom is 0.257 e. The standard InChI is InChI=1S/C28H26ClN3OS/c1-19-9-10-21(17-25(19)27-23-8-4-3-7-20(23)13-14-30-27)31-28(33)24-12-11-22(18-26(24)29)32-15-5-2-6-16-34-32/h3-4,7-14,17-18H,2,5-6,15-16H2,1H3,(H,31,33). The first-order valence-corrected chi connectivity index (χ1v) is 12.9. The van der Waals surface area contributed by atoms with Gasteiger partial charge in [-0.2, -0.15) is 0 Å². The second-order valence-electron chi connectivity index (χ2n) is 8.52. The Morgan fingerprint density at radius 3 is 2.79 bits per heavy atom. The quantitative estimate of drug-likeness (QED) is 0.299. The number of fused-ring (bicyclic) bond motifs is 1. The number of aryl methyl sites for hydroxylation is 1. The number of carbonyl (C=O) groups excluding carboxylic acids is 1. The van der Waals surface area contributed by atoms with Gasteiger partial charge in [-0.3, -0.25) is 9.78 Å². The summed E-state index contributed by atoms with van der Waals surface area (Å²) in [6.45, 7) is 3.06. The molecule has 0 unspecified atom stereocenters. The summed E-state index contributed by atoms with van der Waals surface area (Å²) in [4.78, 5) is 17.7. The molecule has 0 bridgehead atoms. The molecule has 0 spiro atoms. The van der Waals surface area contributed by atoms with Crippen LogP contribution in [0, 0.1) is 6.92 Å². The first-order chi connectivity index (χ1) is 16.6. The van der Waals surface area contributed by atoms with E-state index < -0.39 is 0 Å². The number of hydrogen-bond acceptors (Lipinski definition) is 4. The van der Waals surface area contributed by atoms with E-state index in [1.807, 2.05) is 72.7 Å². The Morgan fingerprint density at radius 2 is 1.91 bits per heavy atom. The molecule has 4 nitrogen and oxygen atoms in total. The molecule has 5 rings (SSSR count). The van der Waals surface area contributed by atoms with Gasteiger partial charge in [0.1, 0.15) is 0 Å². The van der Waals surface area contributed by atoms with Crippen molar-refractivity contribution in [3.05, 3.63) is 89.1 Å². The SMILES string of the molecule is Cc1ccc(NC(=O)c2ccc(N3CCCCCS3)cc2Cl)cc1-c1nccc2ccccc12. The largest absolute Gasteiger partial charge is 0.322 e. The molecule has 3 aromatic carbocycles. The van der Waals surface area contributed by atoms with E-state index in [2.05, 4.69) is 33.7 Å². The molecule has 4 aromatic rings. The smallest absolute Gasteiger partial charge is 0.257 e. The number of nitrogens with zero attached hydrogens (tertiary/aromatic N) is 2. The van der Waals surface area contributed by atoms with Crippen LogP contribution in [-0.2, 0) is 0 Å². The Balaban J connectivity index is 1.40. The van der Waals surface area contributed by atoms with Crippen LogP contribution >= 0.6 is 23.5 Å². The Hall–Kier alpha value is -3.02. The molecular weight excluding hydrogens is 462 g/mol. The minimum absolute atomic E-state index is 0.222. The number of aromatic nitrogens is 1. The predicted octanol–water partition coefficient (Wildman–Crippen LogP) is 7.75. The number of nitrogens with one attached hydrogen (secondary N) is 1. The molecule has 1 saturated heterocycles. The monoisotopic (exact) mass is 487 g/mol. The summed E-state index contributed by atoms with van der Waals surface area (Å²) in [5, 5.41) is 5.70. The molecule has 1 fully saturated rings. The normalized spacial score (nSPS) is 14.1. The predicted molar refractivity (Wildman–Crippen MR) is 145 cm³/mol. The molecule has 1 amide bonds. The van der Waals surface area contributed by atoms with E-state index in [1.165, 1.54) is 19.3 Å². The number of rotatable bonds is 4. The summed E-state index contributed by atoms with van der Waals surface area (Å²) < 4.78 is 2.28. The number of carbonyl (C=O) groups is 1. The number of benzene rings is 3. The zero-order chi connectivity index (χ0) is 23.5. The molecule has 0 radical (unpaired) electrons. The van der Waals surface area contributed by atoms with Gasteiger partial charge in [0.25, 0.3) is 5.91 Å². The van der Waals surface area contributed by atoms with E-state index in [1.54, 1.807) is 0 Å². The fraction of sp³-hybridized carbons (Fsp3) is 0.214. The van der Waals surface area contributed by atoms with Gasteiger partial charge in [-0.15, -0.1) is 0 Å². The van der Waals surface area contributed by atoms with Gasteiger partial charge >= 0.3 is 0 Å². The van der Waals surface area contributed by atoms with Crippen LogP contribution in [0.25, 0.3) is 22.0 Å². The lowest BCUT2D eigenvalue weighted by atomic mass is 9.99. The Morgan fingerprint density at radius 1 is 1.03 bits per heavy atom. The number of halogens is 1. The van der Waals surface area contributed by atoms with Crippen molar-refractivity contribution >= 4 is 51.6 Å². The van der Waals surface area contributed by atoms with Crippen molar-refractivity contribution < 1.29 is 4.79 Å². The molecule has 2 heterocycles. The van der Waals surface area contributed by atoms with Gasteiger partial charge in [-0.05, 0) is 79.1 Å². The molecule has 0 atom stereocenters. The highest BCUT2D eigenvalue weighted by Crippen LogP contribution is 2.33. The molecule has 1 aliphatic rings. The number of amides is 1. The zero-order valence-electron chi connectivity index (χ0n) is 19.1. The molecule has 0 saturated carbocycles. The lowest BCUT2D eigenvalue weighted by Gasteiger charge is -2.21. The van der Waals surface area contributed by atoms with E-state index in [0.29, 0.717) is 16.3 Å². The fourth-order valence-corrected chi connectivity index (χ4v) is 5.64. The fourth-order valence-electron chi connectivity index (χ4n) is 4.31. The van der Waals surface area contributed by atoms with Crippen molar-refractivity contribution in [1.82, 2.24) is 4.98 Å². The van der Waals surface area contributed by atoms with Crippen molar-refractivity contribution in [1.29, 1.82) is 0 Å². The van der Waals surface area contributed by atoms with Crippen molar-refractivity contribution in [3.63, 3.8) is 0 Å². The van der Waals surface area contributed by atoms with Gasteiger partial charge in [0.15, 0.2) is 0 Å². The maximum absolute atomic E-state index is 13.1. The van der Waals surface area contributed by atoms with Crippen LogP contribution in [0.15, 0.2) is 72.9 Å². The van der Waals surface area contributed by atoms with E-state index in [-0.39, 0.29) is 5.91 Å². The Kier molecular flexibility index (Phi) is 6.75. The van der Waals surface area contributed by atoms with Crippen molar-refractivity contribution in [2.24, 2.45) is 0 Å². The van der Waals surface area contributed by atoms with Crippen molar-refractivity contribution in [2.45, 2.75) is 26.2 Å². The highest BCUT2D eigenvalue weighted by molar-refractivity contribution is 8.00. The third kappa shape index (κ3) is 4.77. The average Bonchev–Trinajstić information content (AvgIpc) is 3.14. The second-order valence-corrected chi connectivity index (χ2v) is 10.0. The molecule has 1 aromatic heterocycles. The van der Waals surface area contributed by atoms with Crippen LogP contribution < -0.4 is 9.62 Å². The molecule has 1 aliphatic heterocycles. The molecule has 34 heavy (non-hydrogen) atoms. The highest BCUT2D eigenvalue weighted by atomic mass is 35.5. The molecular formula is C28H26ClN3OS. The zero-order valence-corrected chi connectivity index (χ0v) is 20.6. The maximum atomic E-state index is 13.1. The topological polar surface area (TPSA) is 45.2 Å². The van der Waals surface area contributed by atoms with Gasteiger partial charge in [-0.1, -0.05) is 48.4 Å². The minimum Gasteiger partial charge on any atom is -0.322 e. The number of anilines is 2. The summed E-state index contributed by atoms with van der Waals surface area (Å²) in [6, 6.07) is 21.8. The summed E-state index contributed by atoms with van der Waals surface area (Å²) in [5.74, 6) is 0.891. The van der Waals surface area contributed by atoms with Gasteiger partial charge in [0, 0.05) is 40.8 Å². The third-order valence-corrected chi connectivity index (χ3v) is 7.65. The molecule has 0 aliphatic carbocycles. The highest BCUT2D eigenvalue weighted by Gasteiger charge is 2.17. The van der Waals surface area contributed by atoms with E-state index in [9.17, 15) is 4.79 Å². The van der Waals surface area contributed by atoms with E-state index in [4.69, 9.17) is 11.6 Å². The van der Waals surface area contributed by atoms with Crippen molar-refractivity contribution in [3.8, 4) is 11.3 Å². The summed E-state index contributed by atoms with van der Waals surface area (Å²) in [5.41, 5.74) is 5.23. The Bertz CT molecular complexity index is 1340. The van der Waals surface area contributed by atoms with Crippen LogP contribution in [0.3, 0.4) is 0 Å². The van der Waals surface area contributed by atoms with Crippen LogP contribution in [0.1, 0.15) is 35.2 Å². The summed E-state index contributed by atoms with van der Waals surface area (Å²) in [6.07, 6.45) is 5.49. The summed E-state index contributed by atoms with van der Waals surface area (Å²) in [7, 11) is 0. The van der Waals surface area contributed by atoms with Gasteiger partial charge < -0.3 is 9.62 Å². The van der Waals surface area contributed by atoms with Crippen LogP contribution in [0.4, 0.5) is 11.4 Å². The lowest BCUT2D eigenvalue weighted by Crippen LogP contribution is -2.16. The Labute approximate surface area is 209 Å². The lowest BCUT2D eigenvalue weighted by molar-refractivity contribution is 0.102. The molecule has 6 heteroatoms.